The summed E-state index contributed by atoms with van der Waals surface area (Å²) in [6.45, 7) is 0.790. The molecule has 2 N–H and O–H groups in total. The van der Waals surface area contributed by atoms with E-state index < -0.39 is 0 Å². The molecule has 2 unspecified atom stereocenters. The molecule has 2 aliphatic heterocycles. The van der Waals surface area contributed by atoms with Crippen LogP contribution < -0.4 is 5.73 Å². The van der Waals surface area contributed by atoms with Crippen LogP contribution in [-0.2, 0) is 11.2 Å². The van der Waals surface area contributed by atoms with Crippen molar-refractivity contribution < 1.29 is 4.74 Å². The van der Waals surface area contributed by atoms with Crippen molar-refractivity contribution in [1.29, 1.82) is 0 Å². The molecule has 2 atom stereocenters. The highest BCUT2D eigenvalue weighted by molar-refractivity contribution is 8.14. The van der Waals surface area contributed by atoms with Gasteiger partial charge in [0.05, 0.1) is 12.6 Å². The highest BCUT2D eigenvalue weighted by atomic mass is 32.2. The minimum Gasteiger partial charge on any atom is -0.379 e. The molecule has 84 valence electrons. The topological polar surface area (TPSA) is 47.6 Å². The van der Waals surface area contributed by atoms with Crippen LogP contribution >= 0.6 is 11.8 Å². The van der Waals surface area contributed by atoms with Crippen molar-refractivity contribution in [2.24, 2.45) is 10.7 Å². The van der Waals surface area contributed by atoms with E-state index in [1.54, 1.807) is 11.8 Å². The molecule has 0 saturated carbocycles. The van der Waals surface area contributed by atoms with Crippen molar-refractivity contribution >= 4 is 16.9 Å². The zero-order valence-electron chi connectivity index (χ0n) is 8.93. The number of benzene rings is 1. The van der Waals surface area contributed by atoms with Crippen LogP contribution in [0, 0.1) is 0 Å². The standard InChI is InChI=1S/C12H14N2OS/c13-12-14-10(7-16-12)11-9-4-2-1-3-8(9)5-6-15-11/h1-4,10-11H,5-7H2,(H2,13,14). The Morgan fingerprint density at radius 1 is 1.38 bits per heavy atom. The SMILES string of the molecule is NC1=NC(C2OCCc3ccccc32)CS1. The van der Waals surface area contributed by atoms with Crippen LogP contribution in [0.15, 0.2) is 29.3 Å². The third kappa shape index (κ3) is 1.72. The first kappa shape index (κ1) is 10.2. The van der Waals surface area contributed by atoms with Gasteiger partial charge in [0.2, 0.25) is 0 Å². The summed E-state index contributed by atoms with van der Waals surface area (Å²) in [4.78, 5) is 4.44. The summed E-state index contributed by atoms with van der Waals surface area (Å²) in [5.74, 6) is 0.935. The lowest BCUT2D eigenvalue weighted by atomic mass is 9.94. The summed E-state index contributed by atoms with van der Waals surface area (Å²) >= 11 is 1.62. The summed E-state index contributed by atoms with van der Waals surface area (Å²) in [6, 6.07) is 8.66. The number of fused-ring (bicyclic) bond motifs is 1. The van der Waals surface area contributed by atoms with E-state index in [9.17, 15) is 0 Å². The van der Waals surface area contributed by atoms with Gasteiger partial charge in [0, 0.05) is 5.75 Å². The molecule has 0 radical (unpaired) electrons. The van der Waals surface area contributed by atoms with Crippen LogP contribution in [0.5, 0.6) is 0 Å². The van der Waals surface area contributed by atoms with Gasteiger partial charge in [-0.3, -0.25) is 4.99 Å². The van der Waals surface area contributed by atoms with Crippen molar-refractivity contribution in [3.8, 4) is 0 Å². The van der Waals surface area contributed by atoms with E-state index >= 15 is 0 Å². The molecule has 2 aliphatic rings. The highest BCUT2D eigenvalue weighted by Crippen LogP contribution is 2.34. The fraction of sp³-hybridized carbons (Fsp3) is 0.417. The Morgan fingerprint density at radius 2 is 2.25 bits per heavy atom. The van der Waals surface area contributed by atoms with Crippen molar-refractivity contribution in [2.75, 3.05) is 12.4 Å². The number of rotatable bonds is 1. The zero-order chi connectivity index (χ0) is 11.0. The van der Waals surface area contributed by atoms with Gasteiger partial charge in [-0.15, -0.1) is 0 Å². The van der Waals surface area contributed by atoms with E-state index in [0.717, 1.165) is 18.8 Å². The van der Waals surface area contributed by atoms with Crippen molar-refractivity contribution in [3.63, 3.8) is 0 Å². The number of ether oxygens (including phenoxy) is 1. The molecule has 3 rings (SSSR count). The normalized spacial score (nSPS) is 28.6. The number of thioether (sulfide) groups is 1. The summed E-state index contributed by atoms with van der Waals surface area (Å²) < 4.78 is 5.86. The molecule has 4 heteroatoms. The maximum atomic E-state index is 5.86. The second-order valence-electron chi connectivity index (χ2n) is 4.09. The lowest BCUT2D eigenvalue weighted by Gasteiger charge is -2.28. The number of hydrogen-bond donors (Lipinski definition) is 1. The van der Waals surface area contributed by atoms with Gasteiger partial charge in [0.15, 0.2) is 5.17 Å². The van der Waals surface area contributed by atoms with Crippen LogP contribution in [0.2, 0.25) is 0 Å². The van der Waals surface area contributed by atoms with Gasteiger partial charge >= 0.3 is 0 Å². The lowest BCUT2D eigenvalue weighted by molar-refractivity contribution is 0.0305. The monoisotopic (exact) mass is 234 g/mol. The molecule has 1 aromatic rings. The van der Waals surface area contributed by atoms with E-state index in [-0.39, 0.29) is 12.1 Å². The Bertz CT molecular complexity index is 433. The average Bonchev–Trinajstić information content (AvgIpc) is 2.75. The molecule has 0 bridgehead atoms. The molecular weight excluding hydrogens is 220 g/mol. The highest BCUT2D eigenvalue weighted by Gasteiger charge is 2.31. The second kappa shape index (κ2) is 4.11. The first-order valence-electron chi connectivity index (χ1n) is 5.50. The Labute approximate surface area is 99.1 Å². The van der Waals surface area contributed by atoms with E-state index in [1.807, 2.05) is 0 Å². The van der Waals surface area contributed by atoms with E-state index in [1.165, 1.54) is 11.1 Å². The molecule has 2 heterocycles. The number of nitrogens with zero attached hydrogens (tertiary/aromatic N) is 1. The third-order valence-electron chi connectivity index (χ3n) is 3.07. The molecule has 0 fully saturated rings. The van der Waals surface area contributed by atoms with Crippen LogP contribution in [0.3, 0.4) is 0 Å². The summed E-state index contributed by atoms with van der Waals surface area (Å²) in [5.41, 5.74) is 8.39. The van der Waals surface area contributed by atoms with Crippen molar-refractivity contribution in [3.05, 3.63) is 35.4 Å². The molecule has 0 aliphatic carbocycles. The van der Waals surface area contributed by atoms with Gasteiger partial charge < -0.3 is 10.5 Å². The number of nitrogens with two attached hydrogens (primary N) is 1. The fourth-order valence-corrected chi connectivity index (χ4v) is 3.11. The van der Waals surface area contributed by atoms with Gasteiger partial charge in [0.1, 0.15) is 6.10 Å². The molecule has 0 spiro atoms. The first-order valence-corrected chi connectivity index (χ1v) is 6.48. The predicted octanol–water partition coefficient (Wildman–Crippen LogP) is 1.73. The zero-order valence-corrected chi connectivity index (χ0v) is 9.74. The molecule has 16 heavy (non-hydrogen) atoms. The smallest absolute Gasteiger partial charge is 0.154 e. The fourth-order valence-electron chi connectivity index (χ4n) is 2.31. The van der Waals surface area contributed by atoms with E-state index in [0.29, 0.717) is 5.17 Å². The maximum absolute atomic E-state index is 5.86. The summed E-state index contributed by atoms with van der Waals surface area (Å²) in [6.07, 6.45) is 1.10. The van der Waals surface area contributed by atoms with Gasteiger partial charge in [0.25, 0.3) is 0 Å². The largest absolute Gasteiger partial charge is 0.379 e. The Hall–Kier alpha value is -1.00. The molecule has 3 nitrogen and oxygen atoms in total. The molecular formula is C12H14N2OS. The lowest BCUT2D eigenvalue weighted by Crippen LogP contribution is -2.26. The molecule has 1 aromatic carbocycles. The average molecular weight is 234 g/mol. The van der Waals surface area contributed by atoms with Gasteiger partial charge in [-0.25, -0.2) is 0 Å². The Balaban J connectivity index is 1.93. The van der Waals surface area contributed by atoms with Crippen LogP contribution in [-0.4, -0.2) is 23.6 Å². The molecule has 0 amide bonds. The van der Waals surface area contributed by atoms with Gasteiger partial charge in [-0.05, 0) is 17.5 Å². The molecule has 0 aromatic heterocycles. The first-order chi connectivity index (χ1) is 7.84. The van der Waals surface area contributed by atoms with E-state index in [4.69, 9.17) is 10.5 Å². The van der Waals surface area contributed by atoms with Crippen LogP contribution in [0.1, 0.15) is 17.2 Å². The Morgan fingerprint density at radius 3 is 3.06 bits per heavy atom. The Kier molecular flexibility index (Phi) is 2.61. The maximum Gasteiger partial charge on any atom is 0.154 e. The summed E-state index contributed by atoms with van der Waals surface area (Å²) in [5, 5.41) is 0.691. The quantitative estimate of drug-likeness (QED) is 0.805. The van der Waals surface area contributed by atoms with Gasteiger partial charge in [-0.2, -0.15) is 0 Å². The molecule has 0 saturated heterocycles. The number of amidine groups is 1. The van der Waals surface area contributed by atoms with Crippen molar-refractivity contribution in [2.45, 2.75) is 18.6 Å². The number of aliphatic imine (C=N–C) groups is 1. The van der Waals surface area contributed by atoms with Crippen LogP contribution in [0.4, 0.5) is 0 Å². The predicted molar refractivity (Wildman–Crippen MR) is 66.7 cm³/mol. The number of hydrogen-bond acceptors (Lipinski definition) is 4. The van der Waals surface area contributed by atoms with Crippen molar-refractivity contribution in [1.82, 2.24) is 0 Å². The summed E-state index contributed by atoms with van der Waals surface area (Å²) in [7, 11) is 0. The van der Waals surface area contributed by atoms with Gasteiger partial charge in [-0.1, -0.05) is 36.0 Å². The third-order valence-corrected chi connectivity index (χ3v) is 3.98. The second-order valence-corrected chi connectivity index (χ2v) is 5.13. The van der Waals surface area contributed by atoms with Crippen LogP contribution in [0.25, 0.3) is 0 Å². The van der Waals surface area contributed by atoms with E-state index in [2.05, 4.69) is 29.3 Å². The minimum atomic E-state index is 0.0958. The minimum absolute atomic E-state index is 0.0958.